The summed E-state index contributed by atoms with van der Waals surface area (Å²) < 4.78 is 0. The molecule has 0 aliphatic rings. The topological polar surface area (TPSA) is 80.0 Å². The fourth-order valence-electron chi connectivity index (χ4n) is 1.72. The first-order valence-electron chi connectivity index (χ1n) is 5.79. The van der Waals surface area contributed by atoms with Crippen LogP contribution in [0.25, 0.3) is 0 Å². The van der Waals surface area contributed by atoms with Crippen molar-refractivity contribution in [2.75, 3.05) is 25.0 Å². The molecule has 1 heterocycles. The third-order valence-electron chi connectivity index (χ3n) is 2.44. The second kappa shape index (κ2) is 6.20. The average Bonchev–Trinajstić information content (AvgIpc) is 2.22. The van der Waals surface area contributed by atoms with Crippen LogP contribution in [0.1, 0.15) is 28.5 Å². The van der Waals surface area contributed by atoms with Gasteiger partial charge >= 0.3 is 0 Å². The van der Waals surface area contributed by atoms with Gasteiger partial charge in [-0.15, -0.1) is 0 Å². The van der Waals surface area contributed by atoms with Gasteiger partial charge in [0.15, 0.2) is 0 Å². The molecule has 94 valence electrons. The van der Waals surface area contributed by atoms with Gasteiger partial charge in [-0.05, 0) is 32.0 Å². The largest absolute Gasteiger partial charge is 0.368 e. The molecule has 4 N–H and O–H groups in total. The molecule has 0 fully saturated rings. The predicted molar refractivity (Wildman–Crippen MR) is 69.3 cm³/mol. The summed E-state index contributed by atoms with van der Waals surface area (Å²) >= 11 is 0. The molecule has 0 saturated heterocycles. The number of rotatable bonds is 6. The molecule has 0 unspecified atom stereocenters. The van der Waals surface area contributed by atoms with Crippen LogP contribution in [0.5, 0.6) is 0 Å². The summed E-state index contributed by atoms with van der Waals surface area (Å²) in [5.74, 6) is 0.133. The van der Waals surface area contributed by atoms with Crippen molar-refractivity contribution < 1.29 is 4.79 Å². The lowest BCUT2D eigenvalue weighted by Crippen LogP contribution is -2.24. The molecule has 1 aromatic rings. The zero-order valence-electron chi connectivity index (χ0n) is 10.6. The summed E-state index contributed by atoms with van der Waals surface area (Å²) in [7, 11) is 0. The molecule has 5 heteroatoms. The molecule has 5 nitrogen and oxygen atoms in total. The highest BCUT2D eigenvalue weighted by Crippen LogP contribution is 2.17. The maximum atomic E-state index is 11.4. The lowest BCUT2D eigenvalue weighted by atomic mass is 10.1. The van der Waals surface area contributed by atoms with E-state index in [0.29, 0.717) is 17.9 Å². The van der Waals surface area contributed by atoms with Gasteiger partial charge in [0.05, 0.1) is 5.56 Å². The van der Waals surface area contributed by atoms with E-state index in [1.165, 1.54) is 0 Å². The molecule has 0 saturated carbocycles. The summed E-state index contributed by atoms with van der Waals surface area (Å²) in [4.78, 5) is 15.7. The summed E-state index contributed by atoms with van der Waals surface area (Å²) in [5, 5.41) is 6.33. The van der Waals surface area contributed by atoms with E-state index < -0.39 is 5.91 Å². The molecule has 0 atom stereocenters. The second-order valence-electron chi connectivity index (χ2n) is 3.95. The zero-order chi connectivity index (χ0) is 12.8. The number of aromatic nitrogens is 1. The molecule has 1 aromatic heterocycles. The van der Waals surface area contributed by atoms with E-state index in [4.69, 9.17) is 5.73 Å². The van der Waals surface area contributed by atoms with Crippen molar-refractivity contribution in [2.45, 2.75) is 20.8 Å². The van der Waals surface area contributed by atoms with Gasteiger partial charge in [0.1, 0.15) is 5.82 Å². The molecule has 0 aliphatic heterocycles. The lowest BCUT2D eigenvalue weighted by Gasteiger charge is -2.12. The van der Waals surface area contributed by atoms with Gasteiger partial charge in [-0.3, -0.25) is 4.79 Å². The number of carbonyl (C=O) groups excluding carboxylic acids is 1. The first-order valence-corrected chi connectivity index (χ1v) is 5.79. The summed E-state index contributed by atoms with van der Waals surface area (Å²) in [6, 6.07) is 1.86. The van der Waals surface area contributed by atoms with Gasteiger partial charge in [0.25, 0.3) is 5.91 Å². The third kappa shape index (κ3) is 3.71. The van der Waals surface area contributed by atoms with Crippen molar-refractivity contribution in [1.29, 1.82) is 0 Å². The van der Waals surface area contributed by atoms with Crippen molar-refractivity contribution in [1.82, 2.24) is 10.3 Å². The number of amides is 1. The van der Waals surface area contributed by atoms with Crippen molar-refractivity contribution in [3.8, 4) is 0 Å². The highest BCUT2D eigenvalue weighted by atomic mass is 16.1. The normalized spacial score (nSPS) is 10.3. The molecule has 1 rings (SSSR count). The Kier molecular flexibility index (Phi) is 4.90. The Balaban J connectivity index is 2.85. The fraction of sp³-hybridized carbons (Fsp3) is 0.500. The number of carbonyl (C=O) groups is 1. The van der Waals surface area contributed by atoms with Crippen LogP contribution in [0.3, 0.4) is 0 Å². The van der Waals surface area contributed by atoms with Gasteiger partial charge in [0, 0.05) is 18.8 Å². The average molecular weight is 236 g/mol. The Bertz CT molecular complexity index is 404. The van der Waals surface area contributed by atoms with E-state index in [1.54, 1.807) is 0 Å². The molecule has 17 heavy (non-hydrogen) atoms. The van der Waals surface area contributed by atoms with E-state index in [1.807, 2.05) is 26.8 Å². The first kappa shape index (κ1) is 13.4. The van der Waals surface area contributed by atoms with E-state index in [0.717, 1.165) is 24.3 Å². The Hall–Kier alpha value is -1.62. The molecular formula is C12H20N4O. The number of hydrogen-bond acceptors (Lipinski definition) is 4. The lowest BCUT2D eigenvalue weighted by molar-refractivity contribution is 0.1000. The summed E-state index contributed by atoms with van der Waals surface area (Å²) in [5.41, 5.74) is 7.57. The van der Waals surface area contributed by atoms with Crippen LogP contribution in [0.2, 0.25) is 0 Å². The molecule has 0 bridgehead atoms. The van der Waals surface area contributed by atoms with Crippen LogP contribution in [0.4, 0.5) is 5.82 Å². The third-order valence-corrected chi connectivity index (χ3v) is 2.44. The Labute approximate surface area is 102 Å². The van der Waals surface area contributed by atoms with Gasteiger partial charge < -0.3 is 16.4 Å². The van der Waals surface area contributed by atoms with Crippen molar-refractivity contribution >= 4 is 11.7 Å². The maximum Gasteiger partial charge on any atom is 0.252 e. The zero-order valence-corrected chi connectivity index (χ0v) is 10.6. The number of hydrogen-bond donors (Lipinski definition) is 3. The number of pyridine rings is 1. The minimum Gasteiger partial charge on any atom is -0.368 e. The quantitative estimate of drug-likeness (QED) is 0.639. The van der Waals surface area contributed by atoms with E-state index in [9.17, 15) is 4.79 Å². The molecule has 0 aromatic carbocycles. The van der Waals surface area contributed by atoms with Crippen molar-refractivity contribution in [2.24, 2.45) is 5.73 Å². The van der Waals surface area contributed by atoms with Gasteiger partial charge in [-0.2, -0.15) is 0 Å². The molecule has 0 spiro atoms. The molecule has 0 aliphatic carbocycles. The van der Waals surface area contributed by atoms with Crippen LogP contribution >= 0.6 is 0 Å². The number of nitrogens with one attached hydrogen (secondary N) is 2. The molecular weight excluding hydrogens is 216 g/mol. The molecule has 0 radical (unpaired) electrons. The number of nitrogens with zero attached hydrogens (tertiary/aromatic N) is 1. The number of anilines is 1. The van der Waals surface area contributed by atoms with Gasteiger partial charge in [0.2, 0.25) is 0 Å². The Morgan fingerprint density at radius 3 is 2.71 bits per heavy atom. The summed E-state index contributed by atoms with van der Waals surface area (Å²) in [6.07, 6.45) is 0. The highest BCUT2D eigenvalue weighted by Gasteiger charge is 2.13. The van der Waals surface area contributed by atoms with Crippen molar-refractivity contribution in [3.63, 3.8) is 0 Å². The van der Waals surface area contributed by atoms with Crippen LogP contribution in [0.15, 0.2) is 6.07 Å². The number of likely N-dealkylation sites (N-methyl/N-ethyl adjacent to an activating group) is 1. The standard InChI is InChI=1S/C12H20N4O/c1-4-14-5-6-15-12-10(11(13)17)8(2)7-9(3)16-12/h7,14H,4-6H2,1-3H3,(H2,13,17)(H,15,16). The van der Waals surface area contributed by atoms with Gasteiger partial charge in [-0.25, -0.2) is 4.98 Å². The van der Waals surface area contributed by atoms with Crippen LogP contribution in [-0.2, 0) is 0 Å². The van der Waals surface area contributed by atoms with Crippen LogP contribution < -0.4 is 16.4 Å². The monoisotopic (exact) mass is 236 g/mol. The Morgan fingerprint density at radius 1 is 1.41 bits per heavy atom. The van der Waals surface area contributed by atoms with E-state index in [2.05, 4.69) is 15.6 Å². The minimum absolute atomic E-state index is 0.444. The number of aryl methyl sites for hydroxylation is 2. The summed E-state index contributed by atoms with van der Waals surface area (Å²) in [6.45, 7) is 8.26. The minimum atomic E-state index is -0.444. The fourth-order valence-corrected chi connectivity index (χ4v) is 1.72. The number of nitrogens with two attached hydrogens (primary N) is 1. The van der Waals surface area contributed by atoms with Gasteiger partial charge in [-0.1, -0.05) is 6.92 Å². The van der Waals surface area contributed by atoms with E-state index in [-0.39, 0.29) is 0 Å². The SMILES string of the molecule is CCNCCNc1nc(C)cc(C)c1C(N)=O. The maximum absolute atomic E-state index is 11.4. The predicted octanol–water partition coefficient (Wildman–Crippen LogP) is 0.819. The first-order chi connectivity index (χ1) is 8.06. The van der Waals surface area contributed by atoms with Crippen molar-refractivity contribution in [3.05, 3.63) is 22.9 Å². The van der Waals surface area contributed by atoms with Crippen LogP contribution in [0, 0.1) is 13.8 Å². The Morgan fingerprint density at radius 2 is 2.12 bits per heavy atom. The number of primary amides is 1. The van der Waals surface area contributed by atoms with E-state index >= 15 is 0 Å². The highest BCUT2D eigenvalue weighted by molar-refractivity contribution is 5.99. The second-order valence-corrected chi connectivity index (χ2v) is 3.95. The molecule has 1 amide bonds. The van der Waals surface area contributed by atoms with Crippen LogP contribution in [-0.4, -0.2) is 30.5 Å². The smallest absolute Gasteiger partial charge is 0.252 e.